The fourth-order valence-electron chi connectivity index (χ4n) is 1.35. The fourth-order valence-corrected chi connectivity index (χ4v) is 1.35. The molecule has 0 aliphatic rings. The standard InChI is InChI=1S/C11H10FN3O2/c1-6-2-10(15-17-6)11(16)14-9-4-7(12)3-8(13)5-9/h2-5H,13H2,1H3,(H,14,16). The number of rotatable bonds is 2. The molecule has 0 radical (unpaired) electrons. The number of amides is 1. The molecular formula is C11H10FN3O2. The number of nitrogens with one attached hydrogen (secondary N) is 1. The van der Waals surface area contributed by atoms with Crippen LogP contribution in [0.1, 0.15) is 16.2 Å². The third kappa shape index (κ3) is 2.60. The summed E-state index contributed by atoms with van der Waals surface area (Å²) in [7, 11) is 0. The Morgan fingerprint density at radius 3 is 2.76 bits per heavy atom. The van der Waals surface area contributed by atoms with Gasteiger partial charge in [0.25, 0.3) is 5.91 Å². The second-order valence-corrected chi connectivity index (χ2v) is 3.55. The molecule has 0 aliphatic heterocycles. The van der Waals surface area contributed by atoms with Crippen LogP contribution in [0.15, 0.2) is 28.8 Å². The number of aryl methyl sites for hydroxylation is 1. The van der Waals surface area contributed by atoms with E-state index in [0.29, 0.717) is 5.76 Å². The maximum atomic E-state index is 13.0. The highest BCUT2D eigenvalue weighted by atomic mass is 19.1. The average molecular weight is 235 g/mol. The van der Waals surface area contributed by atoms with Crippen molar-refractivity contribution in [1.82, 2.24) is 5.16 Å². The topological polar surface area (TPSA) is 81.2 Å². The molecule has 0 atom stereocenters. The predicted molar refractivity (Wildman–Crippen MR) is 60.0 cm³/mol. The SMILES string of the molecule is Cc1cc(C(=O)Nc2cc(N)cc(F)c2)no1. The van der Waals surface area contributed by atoms with Gasteiger partial charge >= 0.3 is 0 Å². The van der Waals surface area contributed by atoms with Gasteiger partial charge in [-0.15, -0.1) is 0 Å². The Bertz CT molecular complexity index is 545. The largest absolute Gasteiger partial charge is 0.399 e. The zero-order valence-corrected chi connectivity index (χ0v) is 9.03. The molecule has 1 amide bonds. The predicted octanol–water partition coefficient (Wildman–Crippen LogP) is 1.96. The molecule has 1 aromatic carbocycles. The Morgan fingerprint density at radius 2 is 2.18 bits per heavy atom. The highest BCUT2D eigenvalue weighted by Gasteiger charge is 2.11. The Balaban J connectivity index is 2.18. The second-order valence-electron chi connectivity index (χ2n) is 3.55. The summed E-state index contributed by atoms with van der Waals surface area (Å²) < 4.78 is 17.8. The summed E-state index contributed by atoms with van der Waals surface area (Å²) in [5.41, 5.74) is 6.09. The number of benzene rings is 1. The van der Waals surface area contributed by atoms with Crippen LogP contribution in [0.3, 0.4) is 0 Å². The first-order valence-corrected chi connectivity index (χ1v) is 4.85. The van der Waals surface area contributed by atoms with Crippen molar-refractivity contribution in [2.75, 3.05) is 11.1 Å². The van der Waals surface area contributed by atoms with E-state index in [2.05, 4.69) is 10.5 Å². The maximum absolute atomic E-state index is 13.0. The van der Waals surface area contributed by atoms with Gasteiger partial charge in [0.05, 0.1) is 0 Å². The van der Waals surface area contributed by atoms with Crippen LogP contribution < -0.4 is 11.1 Å². The molecule has 0 saturated heterocycles. The van der Waals surface area contributed by atoms with E-state index in [-0.39, 0.29) is 17.1 Å². The smallest absolute Gasteiger partial charge is 0.277 e. The van der Waals surface area contributed by atoms with Crippen molar-refractivity contribution < 1.29 is 13.7 Å². The second kappa shape index (κ2) is 4.25. The van der Waals surface area contributed by atoms with Crippen molar-refractivity contribution in [3.8, 4) is 0 Å². The van der Waals surface area contributed by atoms with Crippen molar-refractivity contribution in [3.63, 3.8) is 0 Å². The number of carbonyl (C=O) groups excluding carboxylic acids is 1. The van der Waals surface area contributed by atoms with E-state index in [9.17, 15) is 9.18 Å². The third-order valence-corrected chi connectivity index (χ3v) is 2.04. The number of aromatic nitrogens is 1. The molecule has 0 saturated carbocycles. The molecule has 0 aliphatic carbocycles. The highest BCUT2D eigenvalue weighted by molar-refractivity contribution is 6.03. The quantitative estimate of drug-likeness (QED) is 0.779. The minimum Gasteiger partial charge on any atom is -0.399 e. The van der Waals surface area contributed by atoms with Crippen LogP contribution in [0.2, 0.25) is 0 Å². The van der Waals surface area contributed by atoms with Gasteiger partial charge in [-0.2, -0.15) is 0 Å². The molecule has 5 nitrogen and oxygen atoms in total. The van der Waals surface area contributed by atoms with Gasteiger partial charge in [0.15, 0.2) is 5.69 Å². The van der Waals surface area contributed by atoms with Crippen molar-refractivity contribution in [2.45, 2.75) is 6.92 Å². The lowest BCUT2D eigenvalue weighted by molar-refractivity contribution is 0.101. The summed E-state index contributed by atoms with van der Waals surface area (Å²) >= 11 is 0. The van der Waals surface area contributed by atoms with Crippen LogP contribution >= 0.6 is 0 Å². The highest BCUT2D eigenvalue weighted by Crippen LogP contribution is 2.16. The van der Waals surface area contributed by atoms with Crippen LogP contribution in [-0.2, 0) is 0 Å². The van der Waals surface area contributed by atoms with Gasteiger partial charge in [-0.05, 0) is 25.1 Å². The summed E-state index contributed by atoms with van der Waals surface area (Å²) in [5, 5.41) is 6.02. The van der Waals surface area contributed by atoms with E-state index < -0.39 is 11.7 Å². The molecule has 6 heteroatoms. The first-order valence-electron chi connectivity index (χ1n) is 4.85. The Labute approximate surface area is 96.4 Å². The van der Waals surface area contributed by atoms with E-state index in [1.165, 1.54) is 18.2 Å². The number of carbonyl (C=O) groups is 1. The lowest BCUT2D eigenvalue weighted by atomic mass is 10.2. The van der Waals surface area contributed by atoms with E-state index in [1.807, 2.05) is 0 Å². The number of nitrogens with zero attached hydrogens (tertiary/aromatic N) is 1. The Morgan fingerprint density at radius 1 is 1.41 bits per heavy atom. The summed E-state index contributed by atoms with van der Waals surface area (Å²) in [5.74, 6) is -0.475. The lowest BCUT2D eigenvalue weighted by Crippen LogP contribution is -2.12. The summed E-state index contributed by atoms with van der Waals surface area (Å²) in [6, 6.07) is 5.27. The van der Waals surface area contributed by atoms with Crippen LogP contribution in [0, 0.1) is 12.7 Å². The molecule has 1 aromatic heterocycles. The van der Waals surface area contributed by atoms with Gasteiger partial charge in [-0.25, -0.2) is 4.39 Å². The normalized spacial score (nSPS) is 10.2. The third-order valence-electron chi connectivity index (χ3n) is 2.04. The van der Waals surface area contributed by atoms with Gasteiger partial charge in [-0.3, -0.25) is 4.79 Å². The van der Waals surface area contributed by atoms with Crippen molar-refractivity contribution in [1.29, 1.82) is 0 Å². The van der Waals surface area contributed by atoms with E-state index in [1.54, 1.807) is 6.92 Å². The van der Waals surface area contributed by atoms with E-state index in [0.717, 1.165) is 6.07 Å². The lowest BCUT2D eigenvalue weighted by Gasteiger charge is -2.04. The zero-order chi connectivity index (χ0) is 12.4. The molecule has 0 spiro atoms. The molecule has 3 N–H and O–H groups in total. The van der Waals surface area contributed by atoms with Gasteiger partial charge in [0.2, 0.25) is 0 Å². The molecule has 0 fully saturated rings. The number of nitrogen functional groups attached to an aromatic ring is 1. The number of hydrogen-bond donors (Lipinski definition) is 2. The van der Waals surface area contributed by atoms with Crippen LogP contribution in [0.25, 0.3) is 0 Å². The summed E-state index contributed by atoms with van der Waals surface area (Å²) in [6.07, 6.45) is 0. The number of nitrogens with two attached hydrogens (primary N) is 1. The molecule has 2 aromatic rings. The summed E-state index contributed by atoms with van der Waals surface area (Å²) in [6.45, 7) is 1.67. The average Bonchev–Trinajstić information content (AvgIpc) is 2.63. The Hall–Kier alpha value is -2.37. The fraction of sp³-hybridized carbons (Fsp3) is 0.0909. The first-order chi connectivity index (χ1) is 8.04. The van der Waals surface area contributed by atoms with Gasteiger partial charge < -0.3 is 15.6 Å². The van der Waals surface area contributed by atoms with Crippen LogP contribution in [0.5, 0.6) is 0 Å². The maximum Gasteiger partial charge on any atom is 0.277 e. The Kier molecular flexibility index (Phi) is 2.78. The first kappa shape index (κ1) is 11.1. The van der Waals surface area contributed by atoms with Crippen LogP contribution in [-0.4, -0.2) is 11.1 Å². The van der Waals surface area contributed by atoms with Gasteiger partial charge in [-0.1, -0.05) is 5.16 Å². The van der Waals surface area contributed by atoms with Crippen molar-refractivity contribution in [3.05, 3.63) is 41.5 Å². The minimum atomic E-state index is -0.517. The zero-order valence-electron chi connectivity index (χ0n) is 9.03. The molecule has 0 bridgehead atoms. The molecule has 1 heterocycles. The molecule has 0 unspecified atom stereocenters. The monoisotopic (exact) mass is 235 g/mol. The molecular weight excluding hydrogens is 225 g/mol. The minimum absolute atomic E-state index is 0.130. The number of hydrogen-bond acceptors (Lipinski definition) is 4. The van der Waals surface area contributed by atoms with Crippen LogP contribution in [0.4, 0.5) is 15.8 Å². The number of anilines is 2. The number of halogens is 1. The summed E-state index contributed by atoms with van der Waals surface area (Å²) in [4.78, 5) is 11.7. The molecule has 2 rings (SSSR count). The molecule has 17 heavy (non-hydrogen) atoms. The van der Waals surface area contributed by atoms with E-state index in [4.69, 9.17) is 10.3 Å². The van der Waals surface area contributed by atoms with Crippen molar-refractivity contribution >= 4 is 17.3 Å². The van der Waals surface area contributed by atoms with Gasteiger partial charge in [0.1, 0.15) is 11.6 Å². The van der Waals surface area contributed by atoms with Gasteiger partial charge in [0, 0.05) is 17.4 Å². The molecule has 88 valence electrons. The van der Waals surface area contributed by atoms with E-state index >= 15 is 0 Å². The van der Waals surface area contributed by atoms with Crippen molar-refractivity contribution in [2.24, 2.45) is 0 Å².